The highest BCUT2D eigenvalue weighted by atomic mass is 16.6. The van der Waals surface area contributed by atoms with Gasteiger partial charge < -0.3 is 9.67 Å². The van der Waals surface area contributed by atoms with Gasteiger partial charge in [0.05, 0.1) is 23.9 Å². The van der Waals surface area contributed by atoms with Gasteiger partial charge in [-0.15, -0.1) is 0 Å². The predicted molar refractivity (Wildman–Crippen MR) is 65.0 cm³/mol. The van der Waals surface area contributed by atoms with E-state index in [1.165, 1.54) is 10.8 Å². The molecule has 0 radical (unpaired) electrons. The Morgan fingerprint density at radius 3 is 2.79 bits per heavy atom. The molecule has 0 bridgehead atoms. The van der Waals surface area contributed by atoms with E-state index in [2.05, 4.69) is 5.10 Å². The summed E-state index contributed by atoms with van der Waals surface area (Å²) >= 11 is 0. The molecule has 0 atom stereocenters. The topological polar surface area (TPSA) is 103 Å². The third-order valence-electron chi connectivity index (χ3n) is 2.68. The molecule has 1 N–H and O–H groups in total. The van der Waals surface area contributed by atoms with E-state index in [1.807, 2.05) is 6.92 Å². The van der Waals surface area contributed by atoms with Crippen molar-refractivity contribution in [3.05, 3.63) is 46.0 Å². The van der Waals surface area contributed by atoms with Gasteiger partial charge in [-0.25, -0.2) is 4.79 Å². The molecule has 0 saturated heterocycles. The quantitative estimate of drug-likeness (QED) is 0.648. The lowest BCUT2D eigenvalue weighted by atomic mass is 10.3. The van der Waals surface area contributed by atoms with Crippen LogP contribution < -0.4 is 0 Å². The Kier molecular flexibility index (Phi) is 3.32. The Hall–Kier alpha value is -2.64. The van der Waals surface area contributed by atoms with Crippen LogP contribution in [-0.2, 0) is 13.1 Å². The average Bonchev–Trinajstić information content (AvgIpc) is 2.96. The first kappa shape index (κ1) is 12.8. The second-order valence-corrected chi connectivity index (χ2v) is 3.98. The van der Waals surface area contributed by atoms with Crippen molar-refractivity contribution in [3.63, 3.8) is 0 Å². The summed E-state index contributed by atoms with van der Waals surface area (Å²) in [4.78, 5) is 21.1. The molecule has 0 aliphatic heterocycles. The van der Waals surface area contributed by atoms with Crippen LogP contribution in [0.1, 0.15) is 23.0 Å². The number of nitrogens with zero attached hydrogens (tertiary/aromatic N) is 4. The van der Waals surface area contributed by atoms with Gasteiger partial charge in [0.15, 0.2) is 0 Å². The number of nitro groups is 1. The average molecular weight is 264 g/mol. The first-order chi connectivity index (χ1) is 9.01. The van der Waals surface area contributed by atoms with Gasteiger partial charge in [-0.3, -0.25) is 14.8 Å². The Morgan fingerprint density at radius 1 is 1.53 bits per heavy atom. The van der Waals surface area contributed by atoms with Crippen LogP contribution >= 0.6 is 0 Å². The fourth-order valence-corrected chi connectivity index (χ4v) is 1.76. The standard InChI is InChI=1S/C11H12N4O4/c1-2-14-6-8(4-12-14)5-13-7-9(15(18)19)3-10(13)11(16)17/h3-4,6-7H,2,5H2,1H3,(H,16,17). The van der Waals surface area contributed by atoms with Gasteiger partial charge in [0, 0.05) is 24.4 Å². The number of hydrogen-bond acceptors (Lipinski definition) is 4. The van der Waals surface area contributed by atoms with Crippen LogP contribution in [0.3, 0.4) is 0 Å². The van der Waals surface area contributed by atoms with Crippen molar-refractivity contribution in [1.82, 2.24) is 14.3 Å². The summed E-state index contributed by atoms with van der Waals surface area (Å²) in [5.74, 6) is -1.20. The Bertz CT molecular complexity index is 628. The van der Waals surface area contributed by atoms with Crippen molar-refractivity contribution in [2.45, 2.75) is 20.0 Å². The lowest BCUT2D eigenvalue weighted by Gasteiger charge is -2.02. The van der Waals surface area contributed by atoms with Crippen molar-refractivity contribution in [3.8, 4) is 0 Å². The molecular weight excluding hydrogens is 252 g/mol. The highest BCUT2D eigenvalue weighted by molar-refractivity contribution is 5.86. The number of hydrogen-bond donors (Lipinski definition) is 1. The minimum absolute atomic E-state index is 0.115. The summed E-state index contributed by atoms with van der Waals surface area (Å²) < 4.78 is 3.03. The number of rotatable bonds is 5. The highest BCUT2D eigenvalue weighted by Gasteiger charge is 2.19. The maximum absolute atomic E-state index is 11.0. The molecule has 0 aromatic carbocycles. The van der Waals surface area contributed by atoms with E-state index < -0.39 is 10.9 Å². The largest absolute Gasteiger partial charge is 0.477 e. The van der Waals surface area contributed by atoms with E-state index in [1.54, 1.807) is 17.1 Å². The molecule has 8 nitrogen and oxygen atoms in total. The van der Waals surface area contributed by atoms with Gasteiger partial charge in [0.25, 0.3) is 5.69 Å². The van der Waals surface area contributed by atoms with Gasteiger partial charge in [0.1, 0.15) is 5.69 Å². The molecule has 0 aliphatic carbocycles. The molecule has 0 spiro atoms. The van der Waals surface area contributed by atoms with Crippen LogP contribution in [0.4, 0.5) is 5.69 Å². The molecule has 2 rings (SSSR count). The summed E-state index contributed by atoms with van der Waals surface area (Å²) in [6, 6.07) is 1.05. The number of aryl methyl sites for hydroxylation is 1. The van der Waals surface area contributed by atoms with Gasteiger partial charge in [0.2, 0.25) is 0 Å². The van der Waals surface area contributed by atoms with Crippen LogP contribution in [0.5, 0.6) is 0 Å². The zero-order valence-corrected chi connectivity index (χ0v) is 10.2. The summed E-state index contributed by atoms with van der Waals surface area (Å²) in [5.41, 5.74) is 0.436. The molecule has 8 heteroatoms. The number of aromatic carboxylic acids is 1. The van der Waals surface area contributed by atoms with E-state index >= 15 is 0 Å². The third-order valence-corrected chi connectivity index (χ3v) is 2.68. The molecule has 0 aliphatic rings. The Morgan fingerprint density at radius 2 is 2.26 bits per heavy atom. The maximum atomic E-state index is 11.0. The van der Waals surface area contributed by atoms with E-state index in [-0.39, 0.29) is 17.9 Å². The SMILES string of the molecule is CCn1cc(Cn2cc([N+](=O)[O-])cc2C(=O)O)cn1. The zero-order chi connectivity index (χ0) is 14.0. The zero-order valence-electron chi connectivity index (χ0n) is 10.2. The molecule has 2 aromatic rings. The Balaban J connectivity index is 2.32. The van der Waals surface area contributed by atoms with E-state index in [0.717, 1.165) is 11.6 Å². The monoisotopic (exact) mass is 264 g/mol. The van der Waals surface area contributed by atoms with Crippen LogP contribution in [-0.4, -0.2) is 30.3 Å². The molecular formula is C11H12N4O4. The summed E-state index contributed by atoms with van der Waals surface area (Å²) in [7, 11) is 0. The van der Waals surface area contributed by atoms with Crippen LogP contribution in [0.25, 0.3) is 0 Å². The normalized spacial score (nSPS) is 10.6. The summed E-state index contributed by atoms with van der Waals surface area (Å²) in [6.45, 7) is 2.87. The fourth-order valence-electron chi connectivity index (χ4n) is 1.76. The van der Waals surface area contributed by atoms with E-state index in [9.17, 15) is 14.9 Å². The second kappa shape index (κ2) is 4.92. The van der Waals surface area contributed by atoms with Crippen molar-refractivity contribution >= 4 is 11.7 Å². The number of carboxylic acids is 1. The lowest BCUT2D eigenvalue weighted by molar-refractivity contribution is -0.384. The van der Waals surface area contributed by atoms with Crippen molar-refractivity contribution in [1.29, 1.82) is 0 Å². The molecule has 2 heterocycles. The Labute approximate surface area is 108 Å². The molecule has 0 saturated carbocycles. The maximum Gasteiger partial charge on any atom is 0.352 e. The van der Waals surface area contributed by atoms with Crippen molar-refractivity contribution < 1.29 is 14.8 Å². The number of carboxylic acid groups (broad SMARTS) is 1. The first-order valence-corrected chi connectivity index (χ1v) is 5.60. The van der Waals surface area contributed by atoms with E-state index in [0.29, 0.717) is 6.54 Å². The smallest absolute Gasteiger partial charge is 0.352 e. The van der Waals surface area contributed by atoms with Crippen molar-refractivity contribution in [2.75, 3.05) is 0 Å². The van der Waals surface area contributed by atoms with Crippen molar-refractivity contribution in [2.24, 2.45) is 0 Å². The van der Waals surface area contributed by atoms with Gasteiger partial charge in [-0.2, -0.15) is 5.10 Å². The van der Waals surface area contributed by atoms with Crippen LogP contribution in [0.2, 0.25) is 0 Å². The highest BCUT2D eigenvalue weighted by Crippen LogP contribution is 2.18. The van der Waals surface area contributed by atoms with Crippen LogP contribution in [0, 0.1) is 10.1 Å². The molecule has 100 valence electrons. The predicted octanol–water partition coefficient (Wildman–Crippen LogP) is 1.36. The van der Waals surface area contributed by atoms with E-state index in [4.69, 9.17) is 5.11 Å². The lowest BCUT2D eigenvalue weighted by Crippen LogP contribution is -2.08. The fraction of sp³-hybridized carbons (Fsp3) is 0.273. The summed E-state index contributed by atoms with van der Waals surface area (Å²) in [6.07, 6.45) is 4.60. The number of carbonyl (C=O) groups is 1. The molecule has 19 heavy (non-hydrogen) atoms. The molecule has 0 fully saturated rings. The van der Waals surface area contributed by atoms with Gasteiger partial charge >= 0.3 is 5.97 Å². The third kappa shape index (κ3) is 2.62. The first-order valence-electron chi connectivity index (χ1n) is 5.60. The molecule has 0 amide bonds. The minimum Gasteiger partial charge on any atom is -0.477 e. The molecule has 0 unspecified atom stereocenters. The van der Waals surface area contributed by atoms with Crippen LogP contribution in [0.15, 0.2) is 24.7 Å². The van der Waals surface area contributed by atoms with Gasteiger partial charge in [-0.1, -0.05) is 0 Å². The minimum atomic E-state index is -1.20. The summed E-state index contributed by atoms with van der Waals surface area (Å²) in [5, 5.41) is 23.8. The second-order valence-electron chi connectivity index (χ2n) is 3.98. The van der Waals surface area contributed by atoms with Gasteiger partial charge in [-0.05, 0) is 6.92 Å². The number of aromatic nitrogens is 3. The molecule has 2 aromatic heterocycles.